The van der Waals surface area contributed by atoms with E-state index >= 15 is 0 Å². The number of rotatable bonds is 3. The number of H-pyrrole nitrogens is 1. The zero-order chi connectivity index (χ0) is 11.4. The minimum Gasteiger partial charge on any atom is -0.399 e. The van der Waals surface area contributed by atoms with Gasteiger partial charge in [-0.05, 0) is 12.5 Å². The van der Waals surface area contributed by atoms with Crippen LogP contribution in [0.1, 0.15) is 17.0 Å². The van der Waals surface area contributed by atoms with Gasteiger partial charge in [-0.3, -0.25) is 0 Å². The Morgan fingerprint density at radius 2 is 2.19 bits per heavy atom. The van der Waals surface area contributed by atoms with Crippen LogP contribution >= 0.6 is 0 Å². The molecule has 0 saturated carbocycles. The molecule has 0 radical (unpaired) electrons. The van der Waals surface area contributed by atoms with Crippen molar-refractivity contribution in [2.45, 2.75) is 6.92 Å². The second-order valence-electron chi connectivity index (χ2n) is 3.38. The molecule has 4 nitrogen and oxygen atoms in total. The van der Waals surface area contributed by atoms with E-state index in [0.29, 0.717) is 11.5 Å². The number of nitrogens with one attached hydrogen (secondary N) is 1. The van der Waals surface area contributed by atoms with Crippen molar-refractivity contribution in [1.82, 2.24) is 9.97 Å². The maximum Gasteiger partial charge on any atom is 0.160 e. The number of aryl methyl sites for hydroxylation is 1. The summed E-state index contributed by atoms with van der Waals surface area (Å²) >= 11 is 0. The average molecular weight is 215 g/mol. The fraction of sp³-hybridized carbons (Fsp3) is 0.167. The molecule has 1 heterocycles. The van der Waals surface area contributed by atoms with Crippen LogP contribution in [0.5, 0.6) is 0 Å². The predicted molar refractivity (Wildman–Crippen MR) is 62.4 cm³/mol. The smallest absolute Gasteiger partial charge is 0.160 e. The predicted octanol–water partition coefficient (Wildman–Crippen LogP) is 2.12. The molecule has 2 rings (SSSR count). The van der Waals surface area contributed by atoms with E-state index in [0.717, 1.165) is 11.1 Å². The van der Waals surface area contributed by atoms with Crippen molar-refractivity contribution in [2.24, 2.45) is 5.16 Å². The Bertz CT molecular complexity index is 489. The highest BCUT2D eigenvalue weighted by atomic mass is 16.6. The number of hydrogen-bond donors (Lipinski definition) is 1. The minimum atomic E-state index is 0.705. The molecule has 0 fully saturated rings. The lowest BCUT2D eigenvalue weighted by Gasteiger charge is -2.06. The van der Waals surface area contributed by atoms with Gasteiger partial charge in [0.1, 0.15) is 7.11 Å². The van der Waals surface area contributed by atoms with Gasteiger partial charge in [-0.25, -0.2) is 4.98 Å². The van der Waals surface area contributed by atoms with Gasteiger partial charge in [0, 0.05) is 18.0 Å². The third-order valence-corrected chi connectivity index (χ3v) is 2.31. The maximum atomic E-state index is 4.87. The first-order valence-corrected chi connectivity index (χ1v) is 5.00. The van der Waals surface area contributed by atoms with Crippen molar-refractivity contribution in [3.05, 3.63) is 53.6 Å². The number of aromatic amines is 1. The van der Waals surface area contributed by atoms with Crippen LogP contribution in [0, 0.1) is 6.92 Å². The molecule has 1 aromatic carbocycles. The van der Waals surface area contributed by atoms with E-state index in [2.05, 4.69) is 15.1 Å². The molecule has 1 N–H and O–H groups in total. The van der Waals surface area contributed by atoms with Gasteiger partial charge in [-0.2, -0.15) is 0 Å². The zero-order valence-corrected chi connectivity index (χ0v) is 9.27. The molecular weight excluding hydrogens is 202 g/mol. The van der Waals surface area contributed by atoms with Crippen LogP contribution in [-0.2, 0) is 4.84 Å². The number of imidazole rings is 1. The summed E-state index contributed by atoms with van der Waals surface area (Å²) in [6.45, 7) is 2.03. The van der Waals surface area contributed by atoms with Crippen LogP contribution < -0.4 is 0 Å². The van der Waals surface area contributed by atoms with E-state index in [-0.39, 0.29) is 0 Å². The standard InChI is InChI=1S/C12H13N3O/c1-9-5-3-4-6-10(9)11(15-16-2)12-13-7-8-14-12/h3-8H,1-2H3,(H,13,14)/b15-11-. The van der Waals surface area contributed by atoms with Gasteiger partial charge in [0.15, 0.2) is 11.5 Å². The molecule has 4 heteroatoms. The Labute approximate surface area is 94.0 Å². The molecular formula is C12H13N3O. The van der Waals surface area contributed by atoms with Gasteiger partial charge in [0.2, 0.25) is 0 Å². The largest absolute Gasteiger partial charge is 0.399 e. The van der Waals surface area contributed by atoms with Crippen LogP contribution in [0.4, 0.5) is 0 Å². The third kappa shape index (κ3) is 1.95. The Morgan fingerprint density at radius 3 is 2.81 bits per heavy atom. The topological polar surface area (TPSA) is 50.3 Å². The summed E-state index contributed by atoms with van der Waals surface area (Å²) in [7, 11) is 1.53. The highest BCUT2D eigenvalue weighted by Gasteiger charge is 2.11. The highest BCUT2D eigenvalue weighted by Crippen LogP contribution is 2.12. The summed E-state index contributed by atoms with van der Waals surface area (Å²) in [5.41, 5.74) is 2.86. The van der Waals surface area contributed by atoms with Crippen LogP contribution in [0.15, 0.2) is 41.8 Å². The van der Waals surface area contributed by atoms with Crippen LogP contribution in [-0.4, -0.2) is 22.8 Å². The van der Waals surface area contributed by atoms with E-state index in [1.807, 2.05) is 31.2 Å². The van der Waals surface area contributed by atoms with Crippen molar-refractivity contribution < 1.29 is 4.84 Å². The molecule has 16 heavy (non-hydrogen) atoms. The number of oxime groups is 1. The number of benzene rings is 1. The summed E-state index contributed by atoms with van der Waals surface area (Å²) in [6.07, 6.45) is 3.46. The number of nitrogens with zero attached hydrogens (tertiary/aromatic N) is 2. The molecule has 0 unspecified atom stereocenters. The first-order chi connectivity index (χ1) is 7.83. The Balaban J connectivity index is 2.50. The molecule has 0 spiro atoms. The normalized spacial score (nSPS) is 11.5. The molecule has 0 atom stereocenters. The number of aromatic nitrogens is 2. The van der Waals surface area contributed by atoms with Crippen LogP contribution in [0.3, 0.4) is 0 Å². The Kier molecular flexibility index (Phi) is 3.00. The van der Waals surface area contributed by atoms with Crippen molar-refractivity contribution in [3.63, 3.8) is 0 Å². The van der Waals surface area contributed by atoms with Crippen molar-refractivity contribution in [2.75, 3.05) is 7.11 Å². The lowest BCUT2D eigenvalue weighted by Crippen LogP contribution is -2.08. The molecule has 0 aliphatic rings. The molecule has 0 aliphatic heterocycles. The zero-order valence-electron chi connectivity index (χ0n) is 9.27. The first kappa shape index (κ1) is 10.4. The van der Waals surface area contributed by atoms with Crippen LogP contribution in [0.2, 0.25) is 0 Å². The molecule has 0 aliphatic carbocycles. The van der Waals surface area contributed by atoms with Gasteiger partial charge in [-0.1, -0.05) is 29.4 Å². The summed E-state index contributed by atoms with van der Waals surface area (Å²) in [6, 6.07) is 7.99. The monoisotopic (exact) mass is 215 g/mol. The van der Waals surface area contributed by atoms with E-state index in [1.54, 1.807) is 12.4 Å². The van der Waals surface area contributed by atoms with Crippen molar-refractivity contribution in [1.29, 1.82) is 0 Å². The second kappa shape index (κ2) is 4.61. The Hall–Kier alpha value is -2.10. The van der Waals surface area contributed by atoms with Gasteiger partial charge in [0.25, 0.3) is 0 Å². The van der Waals surface area contributed by atoms with Crippen molar-refractivity contribution >= 4 is 5.71 Å². The quantitative estimate of drug-likeness (QED) is 0.629. The van der Waals surface area contributed by atoms with E-state index in [4.69, 9.17) is 4.84 Å². The molecule has 1 aromatic heterocycles. The molecule has 0 saturated heterocycles. The van der Waals surface area contributed by atoms with E-state index < -0.39 is 0 Å². The number of hydrogen-bond acceptors (Lipinski definition) is 3. The lowest BCUT2D eigenvalue weighted by atomic mass is 10.0. The lowest BCUT2D eigenvalue weighted by molar-refractivity contribution is 0.213. The molecule has 0 amide bonds. The van der Waals surface area contributed by atoms with Gasteiger partial charge >= 0.3 is 0 Å². The summed E-state index contributed by atoms with van der Waals surface area (Å²) in [5.74, 6) is 0.705. The summed E-state index contributed by atoms with van der Waals surface area (Å²) in [5, 5.41) is 4.02. The maximum absolute atomic E-state index is 4.87. The van der Waals surface area contributed by atoms with E-state index in [9.17, 15) is 0 Å². The second-order valence-corrected chi connectivity index (χ2v) is 3.38. The van der Waals surface area contributed by atoms with Gasteiger partial charge < -0.3 is 9.82 Å². The van der Waals surface area contributed by atoms with Gasteiger partial charge in [-0.15, -0.1) is 0 Å². The SMILES string of the molecule is CO/N=C(\c1ncc[nH]1)c1ccccc1C. The van der Waals surface area contributed by atoms with E-state index in [1.165, 1.54) is 7.11 Å². The third-order valence-electron chi connectivity index (χ3n) is 2.31. The first-order valence-electron chi connectivity index (χ1n) is 5.00. The Morgan fingerprint density at radius 1 is 1.38 bits per heavy atom. The summed E-state index contributed by atoms with van der Waals surface area (Å²) < 4.78 is 0. The molecule has 82 valence electrons. The van der Waals surface area contributed by atoms with Gasteiger partial charge in [0.05, 0.1) is 0 Å². The fourth-order valence-electron chi connectivity index (χ4n) is 1.54. The molecule has 2 aromatic rings. The van der Waals surface area contributed by atoms with Crippen LogP contribution in [0.25, 0.3) is 0 Å². The minimum absolute atomic E-state index is 0.705. The average Bonchev–Trinajstić information content (AvgIpc) is 2.80. The van der Waals surface area contributed by atoms with Crippen molar-refractivity contribution in [3.8, 4) is 0 Å². The summed E-state index contributed by atoms with van der Waals surface area (Å²) in [4.78, 5) is 12.1. The fourth-order valence-corrected chi connectivity index (χ4v) is 1.54. The highest BCUT2D eigenvalue weighted by molar-refractivity contribution is 6.11. The molecule has 0 bridgehead atoms.